The van der Waals surface area contributed by atoms with Gasteiger partial charge in [0.2, 0.25) is 0 Å². The minimum Gasteiger partial charge on any atom is -0.466 e. The summed E-state index contributed by atoms with van der Waals surface area (Å²) in [5, 5.41) is 0.501. The smallest absolute Gasteiger partial charge is 0.306 e. The maximum absolute atomic E-state index is 12.2. The second-order valence-electron chi connectivity index (χ2n) is 4.04. The molecule has 0 heterocycles. The molecule has 1 atom stereocenters. The van der Waals surface area contributed by atoms with Crippen LogP contribution in [-0.2, 0) is 14.3 Å². The highest BCUT2D eigenvalue weighted by atomic mass is 35.5. The first-order valence-corrected chi connectivity index (χ1v) is 6.29. The fourth-order valence-corrected chi connectivity index (χ4v) is 1.75. The molecule has 102 valence electrons. The van der Waals surface area contributed by atoms with Crippen LogP contribution in [0.1, 0.15) is 30.6 Å². The average Bonchev–Trinajstić information content (AvgIpc) is 2.36. The monoisotopic (exact) mass is 282 g/mol. The van der Waals surface area contributed by atoms with Gasteiger partial charge in [-0.05, 0) is 38.1 Å². The van der Waals surface area contributed by atoms with E-state index < -0.39 is 17.7 Å². The minimum atomic E-state index is -1.000. The zero-order valence-electron chi connectivity index (χ0n) is 10.8. The van der Waals surface area contributed by atoms with E-state index in [9.17, 15) is 14.4 Å². The lowest BCUT2D eigenvalue weighted by molar-refractivity contribution is -0.145. The maximum atomic E-state index is 12.2. The van der Waals surface area contributed by atoms with Crippen LogP contribution >= 0.6 is 11.6 Å². The van der Waals surface area contributed by atoms with E-state index in [1.54, 1.807) is 19.1 Å². The van der Waals surface area contributed by atoms with Crippen LogP contribution in [0.4, 0.5) is 0 Å². The van der Waals surface area contributed by atoms with E-state index in [4.69, 9.17) is 16.3 Å². The molecule has 19 heavy (non-hydrogen) atoms. The summed E-state index contributed by atoms with van der Waals surface area (Å²) in [5.41, 5.74) is 0.355. The van der Waals surface area contributed by atoms with Gasteiger partial charge in [-0.3, -0.25) is 14.4 Å². The van der Waals surface area contributed by atoms with Crippen LogP contribution in [0.15, 0.2) is 24.3 Å². The fourth-order valence-electron chi connectivity index (χ4n) is 1.62. The van der Waals surface area contributed by atoms with Crippen LogP contribution in [0.2, 0.25) is 5.02 Å². The number of Topliss-reactive ketones (excluding diaryl/α,β-unsaturated/α-hetero) is 2. The first-order chi connectivity index (χ1) is 8.95. The van der Waals surface area contributed by atoms with Gasteiger partial charge >= 0.3 is 5.97 Å². The van der Waals surface area contributed by atoms with Crippen molar-refractivity contribution in [2.75, 3.05) is 6.61 Å². The molecular weight excluding hydrogens is 268 g/mol. The molecule has 5 heteroatoms. The molecule has 0 N–H and O–H groups in total. The molecule has 0 amide bonds. The summed E-state index contributed by atoms with van der Waals surface area (Å²) < 4.78 is 4.76. The highest BCUT2D eigenvalue weighted by molar-refractivity contribution is 6.30. The first-order valence-electron chi connectivity index (χ1n) is 5.91. The quantitative estimate of drug-likeness (QED) is 0.457. The molecule has 0 aromatic heterocycles. The van der Waals surface area contributed by atoms with Crippen LogP contribution in [-0.4, -0.2) is 24.1 Å². The summed E-state index contributed by atoms with van der Waals surface area (Å²) in [4.78, 5) is 35.1. The molecule has 0 aliphatic rings. The molecule has 0 bridgehead atoms. The van der Waals surface area contributed by atoms with Crippen LogP contribution in [0.3, 0.4) is 0 Å². The van der Waals surface area contributed by atoms with Crippen LogP contribution in [0.25, 0.3) is 0 Å². The number of halogens is 1. The van der Waals surface area contributed by atoms with Gasteiger partial charge < -0.3 is 4.74 Å². The number of hydrogen-bond acceptors (Lipinski definition) is 4. The Morgan fingerprint density at radius 3 is 2.26 bits per heavy atom. The average molecular weight is 283 g/mol. The van der Waals surface area contributed by atoms with Gasteiger partial charge in [-0.1, -0.05) is 11.6 Å². The molecule has 1 aromatic carbocycles. The first kappa shape index (κ1) is 15.4. The van der Waals surface area contributed by atoms with Crippen molar-refractivity contribution in [1.29, 1.82) is 0 Å². The van der Waals surface area contributed by atoms with Gasteiger partial charge in [0, 0.05) is 10.6 Å². The number of carbonyl (C=O) groups is 3. The van der Waals surface area contributed by atoms with E-state index >= 15 is 0 Å². The van der Waals surface area contributed by atoms with Gasteiger partial charge in [-0.2, -0.15) is 0 Å². The lowest BCUT2D eigenvalue weighted by Gasteiger charge is -2.12. The van der Waals surface area contributed by atoms with Gasteiger partial charge in [0.1, 0.15) is 5.78 Å². The summed E-state index contributed by atoms with van der Waals surface area (Å²) in [7, 11) is 0. The van der Waals surface area contributed by atoms with Gasteiger partial charge in [-0.15, -0.1) is 0 Å². The maximum Gasteiger partial charge on any atom is 0.306 e. The van der Waals surface area contributed by atoms with Crippen LogP contribution < -0.4 is 0 Å². The second-order valence-corrected chi connectivity index (χ2v) is 4.48. The van der Waals surface area contributed by atoms with Crippen LogP contribution in [0, 0.1) is 5.92 Å². The molecule has 0 unspecified atom stereocenters. The van der Waals surface area contributed by atoms with Crippen molar-refractivity contribution in [1.82, 2.24) is 0 Å². The molecule has 4 nitrogen and oxygen atoms in total. The zero-order valence-corrected chi connectivity index (χ0v) is 11.6. The fraction of sp³-hybridized carbons (Fsp3) is 0.357. The van der Waals surface area contributed by atoms with Gasteiger partial charge in [0.25, 0.3) is 0 Å². The predicted molar refractivity (Wildman–Crippen MR) is 71.2 cm³/mol. The highest BCUT2D eigenvalue weighted by Gasteiger charge is 2.27. The molecule has 1 aromatic rings. The van der Waals surface area contributed by atoms with E-state index in [-0.39, 0.29) is 18.8 Å². The van der Waals surface area contributed by atoms with E-state index in [0.717, 1.165) is 0 Å². The molecule has 0 aliphatic heterocycles. The molecule has 0 spiro atoms. The molecule has 0 aliphatic carbocycles. The standard InChI is InChI=1S/C14H15ClO4/c1-3-19-13(17)8-12(9(2)16)14(18)10-4-6-11(15)7-5-10/h4-7,12H,3,8H2,1-2H3/t12-/m1/s1. The second kappa shape index (κ2) is 7.04. The molecule has 0 saturated heterocycles. The third kappa shape index (κ3) is 4.48. The van der Waals surface area contributed by atoms with Crippen molar-refractivity contribution in [3.63, 3.8) is 0 Å². The van der Waals surface area contributed by atoms with Gasteiger partial charge in [-0.25, -0.2) is 0 Å². The van der Waals surface area contributed by atoms with Crippen molar-refractivity contribution in [2.24, 2.45) is 5.92 Å². The summed E-state index contributed by atoms with van der Waals surface area (Å²) in [6, 6.07) is 6.20. The largest absolute Gasteiger partial charge is 0.466 e. The molecule has 1 rings (SSSR count). The van der Waals surface area contributed by atoms with Crippen LogP contribution in [0.5, 0.6) is 0 Å². The highest BCUT2D eigenvalue weighted by Crippen LogP contribution is 2.17. The van der Waals surface area contributed by atoms with E-state index in [0.29, 0.717) is 10.6 Å². The Balaban J connectivity index is 2.87. The Morgan fingerprint density at radius 2 is 1.79 bits per heavy atom. The van der Waals surface area contributed by atoms with E-state index in [2.05, 4.69) is 0 Å². The number of ether oxygens (including phenoxy) is 1. The number of esters is 1. The Bertz CT molecular complexity index is 479. The molecule has 0 fully saturated rings. The zero-order chi connectivity index (χ0) is 14.4. The predicted octanol–water partition coefficient (Wildman–Crippen LogP) is 2.68. The number of hydrogen-bond donors (Lipinski definition) is 0. The lowest BCUT2D eigenvalue weighted by atomic mass is 9.91. The molecule has 0 saturated carbocycles. The van der Waals surface area contributed by atoms with Crippen molar-refractivity contribution >= 4 is 29.1 Å². The minimum absolute atomic E-state index is 0.221. The van der Waals surface area contributed by atoms with E-state index in [1.165, 1.54) is 19.1 Å². The Morgan fingerprint density at radius 1 is 1.21 bits per heavy atom. The summed E-state index contributed by atoms with van der Waals surface area (Å²) in [6.45, 7) is 3.18. The Kier molecular flexibility index (Phi) is 5.70. The molecular formula is C14H15ClO4. The van der Waals surface area contributed by atoms with Crippen molar-refractivity contribution < 1.29 is 19.1 Å². The number of ketones is 2. The lowest BCUT2D eigenvalue weighted by Crippen LogP contribution is -2.26. The Hall–Kier alpha value is -1.68. The topological polar surface area (TPSA) is 60.4 Å². The van der Waals surface area contributed by atoms with Crippen molar-refractivity contribution in [3.05, 3.63) is 34.9 Å². The third-order valence-corrected chi connectivity index (χ3v) is 2.86. The summed E-state index contributed by atoms with van der Waals surface area (Å²) >= 11 is 5.73. The van der Waals surface area contributed by atoms with E-state index in [1.807, 2.05) is 0 Å². The summed E-state index contributed by atoms with van der Waals surface area (Å²) in [5.74, 6) is -2.30. The SMILES string of the molecule is CCOC(=O)C[C@H](C(C)=O)C(=O)c1ccc(Cl)cc1. The Labute approximate surface area is 116 Å². The number of rotatable bonds is 6. The van der Waals surface area contributed by atoms with Crippen molar-refractivity contribution in [3.8, 4) is 0 Å². The third-order valence-electron chi connectivity index (χ3n) is 2.61. The number of carbonyl (C=O) groups excluding carboxylic acids is 3. The van der Waals surface area contributed by atoms with Crippen molar-refractivity contribution in [2.45, 2.75) is 20.3 Å². The number of benzene rings is 1. The van der Waals surface area contributed by atoms with Gasteiger partial charge in [0.15, 0.2) is 5.78 Å². The summed E-state index contributed by atoms with van der Waals surface area (Å²) in [6.07, 6.45) is -0.232. The molecule has 0 radical (unpaired) electrons. The normalized spacial score (nSPS) is 11.7. The van der Waals surface area contributed by atoms with Gasteiger partial charge in [0.05, 0.1) is 18.9 Å².